The fourth-order valence-corrected chi connectivity index (χ4v) is 1.50. The Morgan fingerprint density at radius 3 is 2.86 bits per heavy atom. The molecule has 72 valence electrons. The van der Waals surface area contributed by atoms with Gasteiger partial charge in [0.25, 0.3) is 5.91 Å². The largest absolute Gasteiger partial charge is 0.300 e. The van der Waals surface area contributed by atoms with Gasteiger partial charge in [-0.2, -0.15) is 0 Å². The van der Waals surface area contributed by atoms with Gasteiger partial charge in [0, 0.05) is 12.6 Å². The number of fused-ring (bicyclic) bond motifs is 1. The molecule has 1 amide bonds. The zero-order valence-corrected chi connectivity index (χ0v) is 8.32. The molecule has 0 saturated heterocycles. The first-order valence-electron chi connectivity index (χ1n) is 4.57. The summed E-state index contributed by atoms with van der Waals surface area (Å²) < 4.78 is 0. The van der Waals surface area contributed by atoms with E-state index in [1.54, 1.807) is 11.9 Å². The maximum atomic E-state index is 11.9. The lowest BCUT2D eigenvalue weighted by Crippen LogP contribution is -2.30. The molecule has 3 heteroatoms. The molecule has 0 aromatic heterocycles. The molecule has 1 aliphatic heterocycles. The minimum absolute atomic E-state index is 0.0272. The van der Waals surface area contributed by atoms with Gasteiger partial charge in [-0.1, -0.05) is 18.2 Å². The van der Waals surface area contributed by atoms with Crippen LogP contribution < -0.4 is 0 Å². The van der Waals surface area contributed by atoms with Crippen LogP contribution in [0.15, 0.2) is 29.3 Å². The van der Waals surface area contributed by atoms with Crippen LogP contribution in [0.1, 0.15) is 22.8 Å². The highest BCUT2D eigenvalue weighted by atomic mass is 16.2. The molecule has 1 aliphatic rings. The zero-order chi connectivity index (χ0) is 10.1. The van der Waals surface area contributed by atoms with Crippen molar-refractivity contribution >= 4 is 11.7 Å². The van der Waals surface area contributed by atoms with E-state index in [-0.39, 0.29) is 5.91 Å². The average molecular weight is 188 g/mol. The lowest BCUT2D eigenvalue weighted by molar-refractivity contribution is 0.0871. The molecule has 0 saturated carbocycles. The Hall–Kier alpha value is -1.64. The van der Waals surface area contributed by atoms with Crippen LogP contribution in [0.3, 0.4) is 0 Å². The van der Waals surface area contributed by atoms with Crippen molar-refractivity contribution in [2.45, 2.75) is 13.5 Å². The van der Waals surface area contributed by atoms with E-state index in [0.29, 0.717) is 6.54 Å². The molecule has 3 nitrogen and oxygen atoms in total. The molecule has 1 aromatic carbocycles. The predicted octanol–water partition coefficient (Wildman–Crippen LogP) is 1.69. The third kappa shape index (κ3) is 1.31. The summed E-state index contributed by atoms with van der Waals surface area (Å²) in [4.78, 5) is 17.8. The van der Waals surface area contributed by atoms with Crippen molar-refractivity contribution in [2.24, 2.45) is 4.99 Å². The van der Waals surface area contributed by atoms with Crippen molar-refractivity contribution in [3.05, 3.63) is 35.4 Å². The van der Waals surface area contributed by atoms with Gasteiger partial charge in [-0.05, 0) is 18.6 Å². The summed E-state index contributed by atoms with van der Waals surface area (Å²) in [5.41, 5.74) is 1.76. The van der Waals surface area contributed by atoms with Crippen LogP contribution in [-0.4, -0.2) is 23.7 Å². The third-order valence-electron chi connectivity index (χ3n) is 2.52. The smallest absolute Gasteiger partial charge is 0.259 e. The van der Waals surface area contributed by atoms with E-state index in [1.165, 1.54) is 0 Å². The highest BCUT2D eigenvalue weighted by molar-refractivity contribution is 6.07. The molecule has 1 heterocycles. The number of carbonyl (C=O) groups is 1. The van der Waals surface area contributed by atoms with Crippen molar-refractivity contribution in [1.82, 2.24) is 4.90 Å². The van der Waals surface area contributed by atoms with Gasteiger partial charge in [-0.25, -0.2) is 0 Å². The Morgan fingerprint density at radius 1 is 1.36 bits per heavy atom. The Balaban J connectivity index is 2.53. The molecule has 0 radical (unpaired) electrons. The number of benzene rings is 1. The van der Waals surface area contributed by atoms with E-state index in [9.17, 15) is 4.79 Å². The van der Waals surface area contributed by atoms with E-state index in [1.807, 2.05) is 31.2 Å². The second kappa shape index (κ2) is 3.25. The van der Waals surface area contributed by atoms with E-state index in [0.717, 1.165) is 17.0 Å². The van der Waals surface area contributed by atoms with Crippen LogP contribution in [-0.2, 0) is 6.54 Å². The lowest BCUT2D eigenvalue weighted by Gasteiger charge is -2.14. The van der Waals surface area contributed by atoms with Crippen LogP contribution in [0.2, 0.25) is 0 Å². The van der Waals surface area contributed by atoms with E-state index in [4.69, 9.17) is 0 Å². The summed E-state index contributed by atoms with van der Waals surface area (Å²) in [6.45, 7) is 2.45. The fraction of sp³-hybridized carbons (Fsp3) is 0.273. The van der Waals surface area contributed by atoms with Crippen LogP contribution in [0.4, 0.5) is 0 Å². The van der Waals surface area contributed by atoms with Crippen molar-refractivity contribution in [3.63, 3.8) is 0 Å². The molecule has 2 rings (SSSR count). The molecule has 0 spiro atoms. The summed E-state index contributed by atoms with van der Waals surface area (Å²) in [6, 6.07) is 7.61. The molecule has 0 unspecified atom stereocenters. The van der Waals surface area contributed by atoms with Gasteiger partial charge < -0.3 is 0 Å². The standard InChI is InChI=1S/C11H12N2O/c1-8-12-7-9-5-3-4-6-10(9)11(14)13(8)2/h3-6H,7H2,1-2H3. The van der Waals surface area contributed by atoms with Crippen LogP contribution in [0, 0.1) is 0 Å². The van der Waals surface area contributed by atoms with Gasteiger partial charge >= 0.3 is 0 Å². The van der Waals surface area contributed by atoms with E-state index >= 15 is 0 Å². The number of hydrogen-bond acceptors (Lipinski definition) is 2. The first-order chi connectivity index (χ1) is 6.70. The second-order valence-corrected chi connectivity index (χ2v) is 3.38. The Kier molecular flexibility index (Phi) is 2.08. The summed E-state index contributed by atoms with van der Waals surface area (Å²) in [5, 5.41) is 0. The van der Waals surface area contributed by atoms with Crippen LogP contribution >= 0.6 is 0 Å². The summed E-state index contributed by atoms with van der Waals surface area (Å²) in [5.74, 6) is 0.797. The Bertz CT molecular complexity index is 410. The van der Waals surface area contributed by atoms with Gasteiger partial charge in [0.15, 0.2) is 0 Å². The zero-order valence-electron chi connectivity index (χ0n) is 8.32. The highest BCUT2D eigenvalue weighted by Gasteiger charge is 2.19. The van der Waals surface area contributed by atoms with Gasteiger partial charge in [0.05, 0.1) is 6.54 Å². The summed E-state index contributed by atoms with van der Waals surface area (Å²) in [6.07, 6.45) is 0. The molecule has 0 N–H and O–H groups in total. The first-order valence-corrected chi connectivity index (χ1v) is 4.57. The van der Waals surface area contributed by atoms with Crippen LogP contribution in [0.5, 0.6) is 0 Å². The molecule has 0 fully saturated rings. The minimum Gasteiger partial charge on any atom is -0.300 e. The number of amidine groups is 1. The number of carbonyl (C=O) groups excluding carboxylic acids is 1. The average Bonchev–Trinajstić information content (AvgIpc) is 2.32. The number of hydrogen-bond donors (Lipinski definition) is 0. The maximum absolute atomic E-state index is 11.9. The molecule has 14 heavy (non-hydrogen) atoms. The second-order valence-electron chi connectivity index (χ2n) is 3.38. The normalized spacial score (nSPS) is 16.0. The number of rotatable bonds is 0. The Morgan fingerprint density at radius 2 is 2.07 bits per heavy atom. The molecule has 0 aliphatic carbocycles. The fourth-order valence-electron chi connectivity index (χ4n) is 1.50. The molecule has 0 atom stereocenters. The summed E-state index contributed by atoms with van der Waals surface area (Å²) >= 11 is 0. The Labute approximate surface area is 83.1 Å². The summed E-state index contributed by atoms with van der Waals surface area (Å²) in [7, 11) is 1.75. The first kappa shape index (κ1) is 8.94. The van der Waals surface area contributed by atoms with E-state index < -0.39 is 0 Å². The third-order valence-corrected chi connectivity index (χ3v) is 2.52. The molecule has 0 bridgehead atoms. The van der Waals surface area contributed by atoms with Gasteiger partial charge in [-0.3, -0.25) is 14.7 Å². The monoisotopic (exact) mass is 188 g/mol. The topological polar surface area (TPSA) is 32.7 Å². The predicted molar refractivity (Wildman–Crippen MR) is 55.3 cm³/mol. The van der Waals surface area contributed by atoms with Crippen molar-refractivity contribution in [1.29, 1.82) is 0 Å². The highest BCUT2D eigenvalue weighted by Crippen LogP contribution is 2.16. The molecular weight excluding hydrogens is 176 g/mol. The number of amides is 1. The van der Waals surface area contributed by atoms with Crippen molar-refractivity contribution < 1.29 is 4.79 Å². The quantitative estimate of drug-likeness (QED) is 0.609. The minimum atomic E-state index is 0.0272. The molecular formula is C11H12N2O. The van der Waals surface area contributed by atoms with E-state index in [2.05, 4.69) is 4.99 Å². The van der Waals surface area contributed by atoms with Crippen molar-refractivity contribution in [2.75, 3.05) is 7.05 Å². The lowest BCUT2D eigenvalue weighted by atomic mass is 10.1. The number of aliphatic imine (C=N–C) groups is 1. The molecule has 1 aromatic rings. The van der Waals surface area contributed by atoms with Crippen molar-refractivity contribution in [3.8, 4) is 0 Å². The SMILES string of the molecule is CC1=NCc2ccccc2C(=O)N1C. The number of nitrogens with zero attached hydrogens (tertiary/aromatic N) is 2. The van der Waals surface area contributed by atoms with Crippen LogP contribution in [0.25, 0.3) is 0 Å². The van der Waals surface area contributed by atoms with Gasteiger partial charge in [0.2, 0.25) is 0 Å². The maximum Gasteiger partial charge on any atom is 0.259 e. The van der Waals surface area contributed by atoms with Gasteiger partial charge in [-0.15, -0.1) is 0 Å². The van der Waals surface area contributed by atoms with Gasteiger partial charge in [0.1, 0.15) is 5.84 Å².